The molecule has 0 radical (unpaired) electrons. The molecular weight excluding hydrogens is 307 g/mol. The first kappa shape index (κ1) is 15.7. The SMILES string of the molecule is Cc1ccc(NC(C)(C(N)=O)c2cccc(Cl)c2Cl)cc1. The zero-order chi connectivity index (χ0) is 15.6. The van der Waals surface area contributed by atoms with Crippen LogP contribution in [0.4, 0.5) is 5.69 Å². The van der Waals surface area contributed by atoms with E-state index in [0.717, 1.165) is 11.3 Å². The Morgan fingerprint density at radius 1 is 1.14 bits per heavy atom. The minimum absolute atomic E-state index is 0.320. The maximum absolute atomic E-state index is 12.0. The third-order valence-corrected chi connectivity index (χ3v) is 4.25. The predicted molar refractivity (Wildman–Crippen MR) is 87.8 cm³/mol. The van der Waals surface area contributed by atoms with Gasteiger partial charge in [-0.1, -0.05) is 53.0 Å². The smallest absolute Gasteiger partial charge is 0.247 e. The molecule has 21 heavy (non-hydrogen) atoms. The molecule has 1 atom stereocenters. The van der Waals surface area contributed by atoms with Crippen molar-refractivity contribution < 1.29 is 4.79 Å². The molecule has 0 aliphatic rings. The Bertz CT molecular complexity index is 670. The molecule has 110 valence electrons. The van der Waals surface area contributed by atoms with Crippen molar-refractivity contribution in [2.75, 3.05) is 5.32 Å². The van der Waals surface area contributed by atoms with E-state index in [0.29, 0.717) is 15.6 Å². The first-order valence-electron chi connectivity index (χ1n) is 6.44. The standard InChI is InChI=1S/C16H16Cl2N2O/c1-10-6-8-11(9-7-10)20-16(2,15(19)21)12-4-3-5-13(17)14(12)18/h3-9,20H,1-2H3,(H2,19,21). The lowest BCUT2D eigenvalue weighted by molar-refractivity contribution is -0.122. The first-order chi connectivity index (χ1) is 9.84. The van der Waals surface area contributed by atoms with Crippen LogP contribution in [0.3, 0.4) is 0 Å². The number of hydrogen-bond donors (Lipinski definition) is 2. The van der Waals surface area contributed by atoms with Gasteiger partial charge in [0.25, 0.3) is 0 Å². The van der Waals surface area contributed by atoms with Gasteiger partial charge in [-0.05, 0) is 32.0 Å². The fourth-order valence-corrected chi connectivity index (χ4v) is 2.57. The summed E-state index contributed by atoms with van der Waals surface area (Å²) in [5.41, 5.74) is 6.89. The number of primary amides is 1. The van der Waals surface area contributed by atoms with Gasteiger partial charge in [0.1, 0.15) is 5.54 Å². The molecule has 3 nitrogen and oxygen atoms in total. The summed E-state index contributed by atoms with van der Waals surface area (Å²) in [4.78, 5) is 12.0. The average molecular weight is 323 g/mol. The number of benzene rings is 2. The van der Waals surface area contributed by atoms with Gasteiger partial charge in [0.15, 0.2) is 0 Å². The molecule has 0 heterocycles. The summed E-state index contributed by atoms with van der Waals surface area (Å²) in [6, 6.07) is 12.8. The van der Waals surface area contributed by atoms with Gasteiger partial charge in [-0.2, -0.15) is 0 Å². The minimum atomic E-state index is -1.16. The van der Waals surface area contributed by atoms with E-state index >= 15 is 0 Å². The number of nitrogens with two attached hydrogens (primary N) is 1. The van der Waals surface area contributed by atoms with E-state index in [-0.39, 0.29) is 0 Å². The van der Waals surface area contributed by atoms with Gasteiger partial charge in [-0.15, -0.1) is 0 Å². The number of rotatable bonds is 4. The lowest BCUT2D eigenvalue weighted by atomic mass is 9.90. The fraction of sp³-hybridized carbons (Fsp3) is 0.188. The Kier molecular flexibility index (Phi) is 4.45. The molecule has 0 aliphatic heterocycles. The Morgan fingerprint density at radius 3 is 2.33 bits per heavy atom. The first-order valence-corrected chi connectivity index (χ1v) is 7.19. The van der Waals surface area contributed by atoms with Crippen molar-refractivity contribution >= 4 is 34.8 Å². The maximum Gasteiger partial charge on any atom is 0.247 e. The van der Waals surface area contributed by atoms with Crippen molar-refractivity contribution in [2.45, 2.75) is 19.4 Å². The quantitative estimate of drug-likeness (QED) is 0.889. The zero-order valence-corrected chi connectivity index (χ0v) is 13.3. The average Bonchev–Trinajstić information content (AvgIpc) is 2.44. The number of amides is 1. The van der Waals surface area contributed by atoms with Crippen LogP contribution in [0.5, 0.6) is 0 Å². The number of aryl methyl sites for hydroxylation is 1. The van der Waals surface area contributed by atoms with Crippen LogP contribution in [0, 0.1) is 6.92 Å². The van der Waals surface area contributed by atoms with Gasteiger partial charge in [0, 0.05) is 11.3 Å². The molecule has 0 fully saturated rings. The molecule has 2 aromatic rings. The van der Waals surface area contributed by atoms with Gasteiger partial charge < -0.3 is 11.1 Å². The van der Waals surface area contributed by atoms with Crippen LogP contribution in [0.1, 0.15) is 18.1 Å². The minimum Gasteiger partial charge on any atom is -0.368 e. The normalized spacial score (nSPS) is 13.5. The van der Waals surface area contributed by atoms with Crippen molar-refractivity contribution in [3.63, 3.8) is 0 Å². The van der Waals surface area contributed by atoms with Gasteiger partial charge in [0.05, 0.1) is 10.0 Å². The lowest BCUT2D eigenvalue weighted by Gasteiger charge is -2.30. The van der Waals surface area contributed by atoms with Crippen molar-refractivity contribution in [3.8, 4) is 0 Å². The molecule has 1 amide bonds. The monoisotopic (exact) mass is 322 g/mol. The lowest BCUT2D eigenvalue weighted by Crippen LogP contribution is -2.45. The molecule has 0 saturated carbocycles. The molecule has 0 aromatic heterocycles. The highest BCUT2D eigenvalue weighted by molar-refractivity contribution is 6.42. The molecule has 0 aliphatic carbocycles. The van der Waals surface area contributed by atoms with E-state index in [2.05, 4.69) is 5.32 Å². The topological polar surface area (TPSA) is 55.1 Å². The Morgan fingerprint density at radius 2 is 1.76 bits per heavy atom. The number of carbonyl (C=O) groups excluding carboxylic acids is 1. The summed E-state index contributed by atoms with van der Waals surface area (Å²) in [6.45, 7) is 3.68. The summed E-state index contributed by atoms with van der Waals surface area (Å²) in [5, 5.41) is 3.85. The van der Waals surface area contributed by atoms with E-state index < -0.39 is 11.4 Å². The Balaban J connectivity index is 2.48. The number of carbonyl (C=O) groups is 1. The highest BCUT2D eigenvalue weighted by Crippen LogP contribution is 2.35. The zero-order valence-electron chi connectivity index (χ0n) is 11.8. The van der Waals surface area contributed by atoms with Gasteiger partial charge in [-0.3, -0.25) is 4.79 Å². The van der Waals surface area contributed by atoms with Crippen LogP contribution in [0.2, 0.25) is 10.0 Å². The molecule has 0 spiro atoms. The van der Waals surface area contributed by atoms with E-state index in [9.17, 15) is 4.79 Å². The highest BCUT2D eigenvalue weighted by Gasteiger charge is 2.35. The molecule has 1 unspecified atom stereocenters. The van der Waals surface area contributed by atoms with Crippen molar-refractivity contribution in [1.82, 2.24) is 0 Å². The second-order valence-corrected chi connectivity index (χ2v) is 5.87. The van der Waals surface area contributed by atoms with E-state index in [1.165, 1.54) is 0 Å². The maximum atomic E-state index is 12.0. The molecule has 2 rings (SSSR count). The summed E-state index contributed by atoms with van der Waals surface area (Å²) in [5.74, 6) is -0.535. The number of anilines is 1. The number of hydrogen-bond acceptors (Lipinski definition) is 2. The molecule has 0 bridgehead atoms. The highest BCUT2D eigenvalue weighted by atomic mass is 35.5. The van der Waals surface area contributed by atoms with Crippen LogP contribution in [0.15, 0.2) is 42.5 Å². The molecule has 3 N–H and O–H groups in total. The molecule has 2 aromatic carbocycles. The Hall–Kier alpha value is -1.71. The van der Waals surface area contributed by atoms with Crippen molar-refractivity contribution in [2.24, 2.45) is 5.73 Å². The molecule has 0 saturated heterocycles. The summed E-state index contributed by atoms with van der Waals surface area (Å²) in [6.07, 6.45) is 0. The Labute approximate surface area is 134 Å². The van der Waals surface area contributed by atoms with Crippen LogP contribution in [-0.4, -0.2) is 5.91 Å². The van der Waals surface area contributed by atoms with Crippen LogP contribution in [-0.2, 0) is 10.3 Å². The second kappa shape index (κ2) is 5.96. The van der Waals surface area contributed by atoms with Crippen LogP contribution in [0.25, 0.3) is 0 Å². The number of nitrogens with one attached hydrogen (secondary N) is 1. The third kappa shape index (κ3) is 3.14. The van der Waals surface area contributed by atoms with Crippen molar-refractivity contribution in [1.29, 1.82) is 0 Å². The summed E-state index contributed by atoms with van der Waals surface area (Å²) in [7, 11) is 0. The molecular formula is C16H16Cl2N2O. The largest absolute Gasteiger partial charge is 0.368 e. The summed E-state index contributed by atoms with van der Waals surface area (Å²) >= 11 is 12.3. The second-order valence-electron chi connectivity index (χ2n) is 5.08. The third-order valence-electron chi connectivity index (χ3n) is 3.43. The molecule has 5 heteroatoms. The number of halogens is 2. The van der Waals surface area contributed by atoms with E-state index in [4.69, 9.17) is 28.9 Å². The van der Waals surface area contributed by atoms with E-state index in [1.807, 2.05) is 31.2 Å². The summed E-state index contributed by atoms with van der Waals surface area (Å²) < 4.78 is 0. The van der Waals surface area contributed by atoms with Gasteiger partial charge in [-0.25, -0.2) is 0 Å². The predicted octanol–water partition coefficient (Wildman–Crippen LogP) is 4.11. The van der Waals surface area contributed by atoms with Crippen LogP contribution >= 0.6 is 23.2 Å². The van der Waals surface area contributed by atoms with Crippen LogP contribution < -0.4 is 11.1 Å². The van der Waals surface area contributed by atoms with Crippen molar-refractivity contribution in [3.05, 3.63) is 63.6 Å². The fourth-order valence-electron chi connectivity index (χ4n) is 2.08. The van der Waals surface area contributed by atoms with Gasteiger partial charge in [0.2, 0.25) is 5.91 Å². The van der Waals surface area contributed by atoms with E-state index in [1.54, 1.807) is 25.1 Å². The van der Waals surface area contributed by atoms with Gasteiger partial charge >= 0.3 is 0 Å².